The van der Waals surface area contributed by atoms with E-state index in [0.717, 1.165) is 5.75 Å². The number of hydrogen-bond acceptors (Lipinski definition) is 2. The van der Waals surface area contributed by atoms with Gasteiger partial charge in [0.05, 0.1) is 5.56 Å². The van der Waals surface area contributed by atoms with E-state index >= 15 is 0 Å². The van der Waals surface area contributed by atoms with Crippen molar-refractivity contribution < 1.29 is 9.53 Å². The molecule has 0 saturated carbocycles. The third kappa shape index (κ3) is 2.94. The number of rotatable bonds is 3. The van der Waals surface area contributed by atoms with Crippen LogP contribution < -0.4 is 4.74 Å². The summed E-state index contributed by atoms with van der Waals surface area (Å²) in [6, 6.07) is 14.8. The van der Waals surface area contributed by atoms with Crippen LogP contribution in [0.3, 0.4) is 0 Å². The standard InChI is InChI=1S/C14H11BrO2/c1-10-6-8-11(9-7-10)17-13-5-3-2-4-12(13)14(15)16/h2-9H,1H3. The van der Waals surface area contributed by atoms with Crippen LogP contribution in [-0.4, -0.2) is 4.69 Å². The van der Waals surface area contributed by atoms with Gasteiger partial charge in [-0.15, -0.1) is 0 Å². The highest BCUT2D eigenvalue weighted by atomic mass is 79.9. The topological polar surface area (TPSA) is 26.3 Å². The number of halogens is 1. The van der Waals surface area contributed by atoms with Gasteiger partial charge in [0.15, 0.2) is 0 Å². The molecule has 2 aromatic rings. The van der Waals surface area contributed by atoms with Crippen molar-refractivity contribution in [2.24, 2.45) is 0 Å². The maximum Gasteiger partial charge on any atom is 0.231 e. The van der Waals surface area contributed by atoms with E-state index in [-0.39, 0.29) is 4.69 Å². The first kappa shape index (κ1) is 11.9. The van der Waals surface area contributed by atoms with Crippen LogP contribution in [0.15, 0.2) is 48.5 Å². The number of aryl methyl sites for hydroxylation is 1. The van der Waals surface area contributed by atoms with Crippen molar-refractivity contribution in [1.29, 1.82) is 0 Å². The second-order valence-electron chi connectivity index (χ2n) is 3.68. The van der Waals surface area contributed by atoms with E-state index in [4.69, 9.17) is 4.74 Å². The normalized spacial score (nSPS) is 10.0. The maximum atomic E-state index is 11.3. The van der Waals surface area contributed by atoms with Gasteiger partial charge in [0.25, 0.3) is 0 Å². The van der Waals surface area contributed by atoms with E-state index in [1.54, 1.807) is 18.2 Å². The van der Waals surface area contributed by atoms with Crippen LogP contribution in [0, 0.1) is 6.92 Å². The lowest BCUT2D eigenvalue weighted by Crippen LogP contribution is -1.94. The Morgan fingerprint density at radius 2 is 1.71 bits per heavy atom. The highest BCUT2D eigenvalue weighted by molar-refractivity contribution is 9.18. The molecule has 0 aliphatic carbocycles. The lowest BCUT2D eigenvalue weighted by atomic mass is 10.2. The molecule has 0 N–H and O–H groups in total. The van der Waals surface area contributed by atoms with Gasteiger partial charge in [0.2, 0.25) is 4.69 Å². The van der Waals surface area contributed by atoms with Crippen LogP contribution in [0.1, 0.15) is 15.9 Å². The molecule has 0 heterocycles. The third-order valence-corrected chi connectivity index (χ3v) is 2.77. The van der Waals surface area contributed by atoms with Gasteiger partial charge >= 0.3 is 0 Å². The maximum absolute atomic E-state index is 11.3. The Hall–Kier alpha value is -1.61. The number of benzene rings is 2. The van der Waals surface area contributed by atoms with E-state index in [1.807, 2.05) is 37.3 Å². The van der Waals surface area contributed by atoms with Gasteiger partial charge in [0, 0.05) is 0 Å². The summed E-state index contributed by atoms with van der Waals surface area (Å²) in [4.78, 5) is 11.3. The number of hydrogen-bond donors (Lipinski definition) is 0. The van der Waals surface area contributed by atoms with Gasteiger partial charge in [-0.1, -0.05) is 29.8 Å². The highest BCUT2D eigenvalue weighted by Crippen LogP contribution is 2.26. The van der Waals surface area contributed by atoms with Crippen LogP contribution in [-0.2, 0) is 0 Å². The Bertz CT molecular complexity index is 532. The summed E-state index contributed by atoms with van der Waals surface area (Å²) in [5, 5.41) is 0. The molecule has 0 aromatic heterocycles. The Balaban J connectivity index is 2.30. The van der Waals surface area contributed by atoms with Gasteiger partial charge in [-0.05, 0) is 47.1 Å². The quantitative estimate of drug-likeness (QED) is 0.787. The van der Waals surface area contributed by atoms with Crippen molar-refractivity contribution in [2.45, 2.75) is 6.92 Å². The molecule has 3 heteroatoms. The number of carbonyl (C=O) groups excluding carboxylic acids is 1. The Morgan fingerprint density at radius 3 is 2.35 bits per heavy atom. The Labute approximate surface area is 108 Å². The van der Waals surface area contributed by atoms with Gasteiger partial charge in [-0.2, -0.15) is 0 Å². The van der Waals surface area contributed by atoms with Crippen molar-refractivity contribution in [3.8, 4) is 11.5 Å². The fraction of sp³-hybridized carbons (Fsp3) is 0.0714. The van der Waals surface area contributed by atoms with E-state index in [1.165, 1.54) is 5.56 Å². The summed E-state index contributed by atoms with van der Waals surface area (Å²) in [5.74, 6) is 1.27. The Morgan fingerprint density at radius 1 is 1.06 bits per heavy atom. The molecule has 0 fully saturated rings. The lowest BCUT2D eigenvalue weighted by molar-refractivity contribution is 0.109. The average Bonchev–Trinajstić information content (AvgIpc) is 2.32. The number of ether oxygens (including phenoxy) is 1. The lowest BCUT2D eigenvalue weighted by Gasteiger charge is -2.08. The van der Waals surface area contributed by atoms with Crippen LogP contribution in [0.2, 0.25) is 0 Å². The van der Waals surface area contributed by atoms with Crippen molar-refractivity contribution >= 4 is 20.6 Å². The summed E-state index contributed by atoms with van der Waals surface area (Å²) < 4.78 is 5.49. The minimum absolute atomic E-state index is 0.180. The summed E-state index contributed by atoms with van der Waals surface area (Å²) >= 11 is 2.94. The third-order valence-electron chi connectivity index (χ3n) is 2.35. The summed E-state index contributed by atoms with van der Waals surface area (Å²) in [6.45, 7) is 2.01. The molecule has 0 radical (unpaired) electrons. The summed E-state index contributed by atoms with van der Waals surface area (Å²) in [5.41, 5.74) is 1.69. The molecule has 0 aliphatic heterocycles. The van der Waals surface area contributed by atoms with Gasteiger partial charge < -0.3 is 4.74 Å². The zero-order valence-corrected chi connectivity index (χ0v) is 10.9. The molecule has 0 saturated heterocycles. The fourth-order valence-electron chi connectivity index (χ4n) is 1.45. The van der Waals surface area contributed by atoms with E-state index in [9.17, 15) is 4.79 Å². The monoisotopic (exact) mass is 290 g/mol. The van der Waals surface area contributed by atoms with E-state index in [2.05, 4.69) is 15.9 Å². The molecular formula is C14H11BrO2. The molecule has 2 nitrogen and oxygen atoms in total. The predicted molar refractivity (Wildman–Crippen MR) is 71.0 cm³/mol. The Kier molecular flexibility index (Phi) is 3.59. The average molecular weight is 291 g/mol. The summed E-state index contributed by atoms with van der Waals surface area (Å²) in [6.07, 6.45) is 0. The molecule has 0 amide bonds. The van der Waals surface area contributed by atoms with Crippen LogP contribution in [0.4, 0.5) is 0 Å². The van der Waals surface area contributed by atoms with E-state index < -0.39 is 0 Å². The van der Waals surface area contributed by atoms with E-state index in [0.29, 0.717) is 11.3 Å². The first-order valence-corrected chi connectivity index (χ1v) is 5.99. The van der Waals surface area contributed by atoms with Crippen LogP contribution in [0.5, 0.6) is 11.5 Å². The van der Waals surface area contributed by atoms with Gasteiger partial charge in [0.1, 0.15) is 11.5 Å². The first-order valence-electron chi connectivity index (χ1n) is 5.20. The minimum atomic E-state index is -0.180. The molecule has 0 spiro atoms. The smallest absolute Gasteiger partial charge is 0.231 e. The largest absolute Gasteiger partial charge is 0.457 e. The van der Waals surface area contributed by atoms with Crippen molar-refractivity contribution in [3.63, 3.8) is 0 Å². The van der Waals surface area contributed by atoms with Crippen LogP contribution >= 0.6 is 15.9 Å². The summed E-state index contributed by atoms with van der Waals surface area (Å²) in [7, 11) is 0. The second kappa shape index (κ2) is 5.15. The molecule has 0 atom stereocenters. The first-order chi connectivity index (χ1) is 8.16. The molecule has 2 rings (SSSR count). The van der Waals surface area contributed by atoms with Crippen molar-refractivity contribution in [2.75, 3.05) is 0 Å². The molecule has 17 heavy (non-hydrogen) atoms. The second-order valence-corrected chi connectivity index (χ2v) is 4.41. The molecule has 86 valence electrons. The minimum Gasteiger partial charge on any atom is -0.457 e. The molecule has 0 unspecified atom stereocenters. The highest BCUT2D eigenvalue weighted by Gasteiger charge is 2.09. The molecule has 0 bridgehead atoms. The zero-order chi connectivity index (χ0) is 12.3. The molecule has 0 aliphatic rings. The number of carbonyl (C=O) groups is 1. The van der Waals surface area contributed by atoms with Crippen molar-refractivity contribution in [3.05, 3.63) is 59.7 Å². The zero-order valence-electron chi connectivity index (χ0n) is 9.31. The SMILES string of the molecule is Cc1ccc(Oc2ccccc2C(=O)Br)cc1. The van der Waals surface area contributed by atoms with Crippen molar-refractivity contribution in [1.82, 2.24) is 0 Å². The number of para-hydroxylation sites is 1. The van der Waals surface area contributed by atoms with Gasteiger partial charge in [-0.25, -0.2) is 0 Å². The molecule has 2 aromatic carbocycles. The molecular weight excluding hydrogens is 280 g/mol. The van der Waals surface area contributed by atoms with Gasteiger partial charge in [-0.3, -0.25) is 4.79 Å². The van der Waals surface area contributed by atoms with Crippen LogP contribution in [0.25, 0.3) is 0 Å². The fourth-order valence-corrected chi connectivity index (χ4v) is 1.78. The predicted octanol–water partition coefficient (Wildman–Crippen LogP) is 4.32.